The van der Waals surface area contributed by atoms with Crippen LogP contribution in [-0.4, -0.2) is 18.2 Å². The van der Waals surface area contributed by atoms with Crippen LogP contribution in [0.1, 0.15) is 9.75 Å². The van der Waals surface area contributed by atoms with Crippen molar-refractivity contribution in [3.63, 3.8) is 0 Å². The topological polar surface area (TPSA) is 46.5 Å². The maximum Gasteiger partial charge on any atom is 0.330 e. The van der Waals surface area contributed by atoms with Crippen molar-refractivity contribution in [1.82, 2.24) is 0 Å². The molecule has 0 aliphatic rings. The SMILES string of the molecule is COC(=O)C=Cc1ccc(CO)s1. The second-order valence-electron chi connectivity index (χ2n) is 2.32. The molecular formula is C9H10O3S. The van der Waals surface area contributed by atoms with Crippen molar-refractivity contribution in [1.29, 1.82) is 0 Å². The van der Waals surface area contributed by atoms with Gasteiger partial charge in [0.05, 0.1) is 13.7 Å². The van der Waals surface area contributed by atoms with Gasteiger partial charge in [0.25, 0.3) is 0 Å². The van der Waals surface area contributed by atoms with Gasteiger partial charge in [0.1, 0.15) is 0 Å². The summed E-state index contributed by atoms with van der Waals surface area (Å²) in [5.41, 5.74) is 0. The summed E-state index contributed by atoms with van der Waals surface area (Å²) in [4.78, 5) is 12.5. The number of methoxy groups -OCH3 is 1. The molecule has 0 saturated carbocycles. The first-order valence-corrected chi connectivity index (χ1v) is 4.53. The number of thiophene rings is 1. The van der Waals surface area contributed by atoms with Crippen molar-refractivity contribution in [3.8, 4) is 0 Å². The summed E-state index contributed by atoms with van der Waals surface area (Å²) in [7, 11) is 1.33. The summed E-state index contributed by atoms with van der Waals surface area (Å²) in [5.74, 6) is -0.376. The molecule has 3 nitrogen and oxygen atoms in total. The van der Waals surface area contributed by atoms with Crippen molar-refractivity contribution in [3.05, 3.63) is 28.0 Å². The second-order valence-corrected chi connectivity index (χ2v) is 3.52. The van der Waals surface area contributed by atoms with Gasteiger partial charge in [0.2, 0.25) is 0 Å². The number of aliphatic hydroxyl groups is 1. The molecule has 0 unspecified atom stereocenters. The average Bonchev–Trinajstić information content (AvgIpc) is 2.61. The lowest BCUT2D eigenvalue weighted by molar-refractivity contribution is -0.134. The van der Waals surface area contributed by atoms with Crippen LogP contribution in [-0.2, 0) is 16.1 Å². The van der Waals surface area contributed by atoms with E-state index in [9.17, 15) is 4.79 Å². The van der Waals surface area contributed by atoms with Crippen LogP contribution in [0, 0.1) is 0 Å². The van der Waals surface area contributed by atoms with Gasteiger partial charge in [-0.25, -0.2) is 4.79 Å². The number of aliphatic hydroxyl groups excluding tert-OH is 1. The normalized spacial score (nSPS) is 10.6. The highest BCUT2D eigenvalue weighted by Gasteiger charge is 1.96. The fraction of sp³-hybridized carbons (Fsp3) is 0.222. The molecule has 0 fully saturated rings. The van der Waals surface area contributed by atoms with E-state index in [1.165, 1.54) is 24.5 Å². The maximum atomic E-state index is 10.7. The minimum atomic E-state index is -0.376. The van der Waals surface area contributed by atoms with E-state index in [-0.39, 0.29) is 12.6 Å². The van der Waals surface area contributed by atoms with E-state index in [4.69, 9.17) is 5.11 Å². The lowest BCUT2D eigenvalue weighted by Gasteiger charge is -1.88. The molecule has 1 aromatic heterocycles. The van der Waals surface area contributed by atoms with Gasteiger partial charge in [-0.3, -0.25) is 0 Å². The first-order chi connectivity index (χ1) is 6.26. The smallest absolute Gasteiger partial charge is 0.330 e. The Bertz CT molecular complexity index is 314. The summed E-state index contributed by atoms with van der Waals surface area (Å²) in [6.45, 7) is 0.0384. The maximum absolute atomic E-state index is 10.7. The fourth-order valence-electron chi connectivity index (χ4n) is 0.787. The van der Waals surface area contributed by atoms with Crippen molar-refractivity contribution in [2.45, 2.75) is 6.61 Å². The number of hydrogen-bond acceptors (Lipinski definition) is 4. The highest BCUT2D eigenvalue weighted by atomic mass is 32.1. The molecule has 0 amide bonds. The molecule has 0 spiro atoms. The molecule has 0 aromatic carbocycles. The molecule has 0 aliphatic carbocycles. The van der Waals surface area contributed by atoms with Gasteiger partial charge in [-0.05, 0) is 18.2 Å². The summed E-state index contributed by atoms with van der Waals surface area (Å²) in [6.07, 6.45) is 3.02. The Balaban J connectivity index is 2.63. The molecule has 1 heterocycles. The molecule has 4 heteroatoms. The Morgan fingerprint density at radius 1 is 1.69 bits per heavy atom. The zero-order valence-electron chi connectivity index (χ0n) is 7.19. The van der Waals surface area contributed by atoms with Gasteiger partial charge in [-0.2, -0.15) is 0 Å². The quantitative estimate of drug-likeness (QED) is 0.590. The molecule has 0 radical (unpaired) electrons. The highest BCUT2D eigenvalue weighted by Crippen LogP contribution is 2.17. The van der Waals surface area contributed by atoms with Crippen LogP contribution in [0.5, 0.6) is 0 Å². The standard InChI is InChI=1S/C9H10O3S/c1-12-9(11)5-4-7-2-3-8(6-10)13-7/h2-5,10H,6H2,1H3. The first kappa shape index (κ1) is 9.95. The van der Waals surface area contributed by atoms with Crippen LogP contribution in [0.25, 0.3) is 6.08 Å². The average molecular weight is 198 g/mol. The van der Waals surface area contributed by atoms with Gasteiger partial charge in [0, 0.05) is 15.8 Å². The number of ether oxygens (including phenoxy) is 1. The van der Waals surface area contributed by atoms with E-state index < -0.39 is 0 Å². The third kappa shape index (κ3) is 3.01. The Kier molecular flexibility index (Phi) is 3.67. The van der Waals surface area contributed by atoms with Crippen molar-refractivity contribution in [2.75, 3.05) is 7.11 Å². The zero-order chi connectivity index (χ0) is 9.68. The van der Waals surface area contributed by atoms with Crippen LogP contribution in [0.4, 0.5) is 0 Å². The monoisotopic (exact) mass is 198 g/mol. The molecule has 0 aliphatic heterocycles. The lowest BCUT2D eigenvalue weighted by Crippen LogP contribution is -1.92. The molecular weight excluding hydrogens is 188 g/mol. The van der Waals surface area contributed by atoms with Crippen LogP contribution < -0.4 is 0 Å². The number of carbonyl (C=O) groups is 1. The van der Waals surface area contributed by atoms with Gasteiger partial charge < -0.3 is 9.84 Å². The van der Waals surface area contributed by atoms with Crippen LogP contribution in [0.3, 0.4) is 0 Å². The molecule has 1 rings (SSSR count). The van der Waals surface area contributed by atoms with E-state index in [1.54, 1.807) is 6.08 Å². The molecule has 13 heavy (non-hydrogen) atoms. The molecule has 1 N–H and O–H groups in total. The lowest BCUT2D eigenvalue weighted by atomic mass is 10.4. The highest BCUT2D eigenvalue weighted by molar-refractivity contribution is 7.12. The summed E-state index contributed by atoms with van der Waals surface area (Å²) >= 11 is 1.44. The van der Waals surface area contributed by atoms with Crippen molar-refractivity contribution >= 4 is 23.4 Å². The predicted molar refractivity (Wildman–Crippen MR) is 51.3 cm³/mol. The van der Waals surface area contributed by atoms with Gasteiger partial charge in [-0.15, -0.1) is 11.3 Å². The zero-order valence-corrected chi connectivity index (χ0v) is 8.00. The molecule has 0 saturated heterocycles. The minimum absolute atomic E-state index is 0.0384. The Morgan fingerprint density at radius 2 is 2.46 bits per heavy atom. The van der Waals surface area contributed by atoms with Gasteiger partial charge in [-0.1, -0.05) is 0 Å². The largest absolute Gasteiger partial charge is 0.466 e. The number of carbonyl (C=O) groups excluding carboxylic acids is 1. The van der Waals surface area contributed by atoms with E-state index in [2.05, 4.69) is 4.74 Å². The molecule has 0 atom stereocenters. The molecule has 1 aromatic rings. The Labute approximate surface area is 80.3 Å². The van der Waals surface area contributed by atoms with Gasteiger partial charge in [0.15, 0.2) is 0 Å². The summed E-state index contributed by atoms with van der Waals surface area (Å²) < 4.78 is 4.43. The van der Waals surface area contributed by atoms with Crippen molar-refractivity contribution < 1.29 is 14.6 Å². The molecule has 0 bridgehead atoms. The number of hydrogen-bond donors (Lipinski definition) is 1. The first-order valence-electron chi connectivity index (χ1n) is 3.72. The van der Waals surface area contributed by atoms with Crippen LogP contribution >= 0.6 is 11.3 Å². The third-order valence-corrected chi connectivity index (χ3v) is 2.46. The number of rotatable bonds is 3. The fourth-order valence-corrected chi connectivity index (χ4v) is 1.56. The van der Waals surface area contributed by atoms with E-state index in [1.807, 2.05) is 12.1 Å². The summed E-state index contributed by atoms with van der Waals surface area (Å²) in [6, 6.07) is 3.66. The van der Waals surface area contributed by atoms with E-state index in [0.29, 0.717) is 0 Å². The minimum Gasteiger partial charge on any atom is -0.466 e. The predicted octanol–water partition coefficient (Wildman–Crippen LogP) is 1.43. The van der Waals surface area contributed by atoms with Crippen LogP contribution in [0.2, 0.25) is 0 Å². The van der Waals surface area contributed by atoms with Gasteiger partial charge >= 0.3 is 5.97 Å². The molecule has 70 valence electrons. The second kappa shape index (κ2) is 4.79. The van der Waals surface area contributed by atoms with Crippen molar-refractivity contribution in [2.24, 2.45) is 0 Å². The number of esters is 1. The van der Waals surface area contributed by atoms with Crippen LogP contribution in [0.15, 0.2) is 18.2 Å². The Morgan fingerprint density at radius 3 is 3.00 bits per heavy atom. The third-order valence-electron chi connectivity index (χ3n) is 1.42. The summed E-state index contributed by atoms with van der Waals surface area (Å²) in [5, 5.41) is 8.77. The Hall–Kier alpha value is -1.13. The van der Waals surface area contributed by atoms with E-state index >= 15 is 0 Å². The van der Waals surface area contributed by atoms with E-state index in [0.717, 1.165) is 9.75 Å².